The quantitative estimate of drug-likeness (QED) is 0.184. The Morgan fingerprint density at radius 2 is 1.02 bits per heavy atom. The summed E-state index contributed by atoms with van der Waals surface area (Å²) < 4.78 is 6.72. The van der Waals surface area contributed by atoms with Gasteiger partial charge in [0, 0.05) is 22.1 Å². The summed E-state index contributed by atoms with van der Waals surface area (Å²) in [6.07, 6.45) is 0. The average molecular weight is 678 g/mol. The van der Waals surface area contributed by atoms with Gasteiger partial charge in [-0.2, -0.15) is 0 Å². The molecule has 0 amide bonds. The van der Waals surface area contributed by atoms with Crippen LogP contribution in [0.3, 0.4) is 0 Å². The van der Waals surface area contributed by atoms with E-state index in [1.165, 1.54) is 66.8 Å². The van der Waals surface area contributed by atoms with E-state index in [1.54, 1.807) is 0 Å². The zero-order valence-electron chi connectivity index (χ0n) is 29.6. The SMILES string of the molecule is Cc1ccc(C)c(-c2ccc(N(c3ccc4c(c3)C3(c5ccccc5-c5ccccc53)c3ccccc3-4)c3cccc4c3oc3ccccc34)cc2)c1. The van der Waals surface area contributed by atoms with Crippen molar-refractivity contribution in [2.45, 2.75) is 19.3 Å². The predicted molar refractivity (Wildman–Crippen MR) is 220 cm³/mol. The van der Waals surface area contributed by atoms with Crippen LogP contribution in [0.1, 0.15) is 33.4 Å². The minimum absolute atomic E-state index is 0.432. The van der Waals surface area contributed by atoms with Gasteiger partial charge in [-0.3, -0.25) is 0 Å². The number of para-hydroxylation sites is 2. The molecule has 250 valence electrons. The average Bonchev–Trinajstić information content (AvgIpc) is 3.84. The van der Waals surface area contributed by atoms with Gasteiger partial charge in [0.05, 0.1) is 11.1 Å². The molecule has 0 saturated heterocycles. The molecule has 1 spiro atoms. The molecule has 53 heavy (non-hydrogen) atoms. The van der Waals surface area contributed by atoms with Crippen LogP contribution in [0.15, 0.2) is 180 Å². The summed E-state index contributed by atoms with van der Waals surface area (Å²) in [6.45, 7) is 4.35. The van der Waals surface area contributed by atoms with E-state index in [9.17, 15) is 0 Å². The molecule has 0 saturated carbocycles. The monoisotopic (exact) mass is 677 g/mol. The van der Waals surface area contributed by atoms with Gasteiger partial charge < -0.3 is 9.32 Å². The van der Waals surface area contributed by atoms with Crippen LogP contribution in [0.2, 0.25) is 0 Å². The number of hydrogen-bond donors (Lipinski definition) is 0. The Labute approximate surface area is 309 Å². The van der Waals surface area contributed by atoms with Crippen molar-refractivity contribution in [3.8, 4) is 33.4 Å². The van der Waals surface area contributed by atoms with E-state index in [1.807, 2.05) is 6.07 Å². The number of hydrogen-bond acceptors (Lipinski definition) is 2. The van der Waals surface area contributed by atoms with Gasteiger partial charge in [0.25, 0.3) is 0 Å². The lowest BCUT2D eigenvalue weighted by molar-refractivity contribution is 0.669. The zero-order chi connectivity index (χ0) is 35.3. The number of aryl methyl sites for hydroxylation is 2. The van der Waals surface area contributed by atoms with Crippen molar-refractivity contribution in [1.29, 1.82) is 0 Å². The molecule has 1 heterocycles. The number of anilines is 3. The van der Waals surface area contributed by atoms with E-state index >= 15 is 0 Å². The summed E-state index contributed by atoms with van der Waals surface area (Å²) in [5, 5.41) is 2.23. The van der Waals surface area contributed by atoms with Gasteiger partial charge in [-0.05, 0) is 111 Å². The standard InChI is InChI=1S/C51H35NO/c1-32-22-23-33(2)43(30-32)34-24-26-35(27-25-34)52(48-20-11-16-42-41-15-6-10-21-49(41)53-50(42)48)36-28-29-40-39-14-5-9-19-46(39)51(47(40)31-36)44-17-7-3-12-37(44)38-13-4-8-18-45(38)51/h3-31H,1-2H3. The van der Waals surface area contributed by atoms with E-state index in [0.717, 1.165) is 39.0 Å². The van der Waals surface area contributed by atoms with Crippen LogP contribution in [0.4, 0.5) is 17.1 Å². The molecule has 9 aromatic rings. The second-order valence-corrected chi connectivity index (χ2v) is 14.6. The molecule has 2 nitrogen and oxygen atoms in total. The second kappa shape index (κ2) is 11.2. The molecule has 2 heteroatoms. The normalized spacial score (nSPS) is 13.2. The highest BCUT2D eigenvalue weighted by Gasteiger charge is 2.51. The molecule has 0 fully saturated rings. The van der Waals surface area contributed by atoms with Crippen LogP contribution in [0.5, 0.6) is 0 Å². The van der Waals surface area contributed by atoms with Gasteiger partial charge >= 0.3 is 0 Å². The maximum Gasteiger partial charge on any atom is 0.159 e. The second-order valence-electron chi connectivity index (χ2n) is 14.6. The lowest BCUT2D eigenvalue weighted by Gasteiger charge is -2.32. The Kier molecular flexibility index (Phi) is 6.33. The molecule has 11 rings (SSSR count). The van der Waals surface area contributed by atoms with Gasteiger partial charge in [0.2, 0.25) is 0 Å². The van der Waals surface area contributed by atoms with E-state index in [2.05, 4.69) is 189 Å². The first-order chi connectivity index (χ1) is 26.1. The highest BCUT2D eigenvalue weighted by molar-refractivity contribution is 6.10. The summed E-state index contributed by atoms with van der Waals surface area (Å²) in [4.78, 5) is 2.39. The Hall–Kier alpha value is -6.64. The minimum Gasteiger partial charge on any atom is -0.454 e. The summed E-state index contributed by atoms with van der Waals surface area (Å²) in [5.74, 6) is 0. The van der Waals surface area contributed by atoms with Crippen molar-refractivity contribution < 1.29 is 4.42 Å². The predicted octanol–water partition coefficient (Wildman–Crippen LogP) is 13.7. The van der Waals surface area contributed by atoms with Crippen LogP contribution < -0.4 is 4.90 Å². The van der Waals surface area contributed by atoms with E-state index < -0.39 is 5.41 Å². The number of fused-ring (bicyclic) bond motifs is 13. The van der Waals surface area contributed by atoms with Gasteiger partial charge in [0.15, 0.2) is 5.58 Å². The van der Waals surface area contributed by atoms with Gasteiger partial charge in [-0.15, -0.1) is 0 Å². The lowest BCUT2D eigenvalue weighted by Crippen LogP contribution is -2.26. The van der Waals surface area contributed by atoms with Gasteiger partial charge in [-0.25, -0.2) is 0 Å². The Balaban J connectivity index is 1.18. The molecule has 2 aliphatic carbocycles. The Bertz CT molecular complexity index is 2860. The molecule has 0 radical (unpaired) electrons. The zero-order valence-corrected chi connectivity index (χ0v) is 29.6. The van der Waals surface area contributed by atoms with Crippen LogP contribution in [-0.2, 0) is 5.41 Å². The number of rotatable bonds is 4. The molecule has 2 aliphatic rings. The number of furan rings is 1. The molecule has 0 bridgehead atoms. The Morgan fingerprint density at radius 3 is 1.72 bits per heavy atom. The molecule has 1 aromatic heterocycles. The molecule has 0 unspecified atom stereocenters. The largest absolute Gasteiger partial charge is 0.454 e. The maximum absolute atomic E-state index is 6.72. The fourth-order valence-electron chi connectivity index (χ4n) is 9.39. The summed E-state index contributed by atoms with van der Waals surface area (Å²) in [6, 6.07) is 64.7. The lowest BCUT2D eigenvalue weighted by atomic mass is 9.70. The topological polar surface area (TPSA) is 16.4 Å². The third-order valence-electron chi connectivity index (χ3n) is 11.7. The van der Waals surface area contributed by atoms with Crippen LogP contribution in [-0.4, -0.2) is 0 Å². The smallest absolute Gasteiger partial charge is 0.159 e. The summed E-state index contributed by atoms with van der Waals surface area (Å²) >= 11 is 0. The molecular formula is C51H35NO. The third-order valence-corrected chi connectivity index (χ3v) is 11.7. The molecular weight excluding hydrogens is 643 g/mol. The summed E-state index contributed by atoms with van der Waals surface area (Å²) in [5.41, 5.74) is 20.0. The number of benzene rings is 8. The fourth-order valence-corrected chi connectivity index (χ4v) is 9.39. The number of nitrogens with zero attached hydrogens (tertiary/aromatic N) is 1. The first-order valence-electron chi connectivity index (χ1n) is 18.4. The molecule has 8 aromatic carbocycles. The van der Waals surface area contributed by atoms with Gasteiger partial charge in [0.1, 0.15) is 5.58 Å². The van der Waals surface area contributed by atoms with Crippen molar-refractivity contribution in [2.24, 2.45) is 0 Å². The maximum atomic E-state index is 6.72. The first kappa shape index (κ1) is 30.0. The van der Waals surface area contributed by atoms with Crippen molar-refractivity contribution in [1.82, 2.24) is 0 Å². The Morgan fingerprint density at radius 1 is 0.434 bits per heavy atom. The van der Waals surface area contributed by atoms with Crippen molar-refractivity contribution in [2.75, 3.05) is 4.90 Å². The third kappa shape index (κ3) is 4.15. The summed E-state index contributed by atoms with van der Waals surface area (Å²) in [7, 11) is 0. The highest BCUT2D eigenvalue weighted by atomic mass is 16.3. The van der Waals surface area contributed by atoms with Crippen LogP contribution >= 0.6 is 0 Å². The molecule has 0 atom stereocenters. The fraction of sp³-hybridized carbons (Fsp3) is 0.0588. The van der Waals surface area contributed by atoms with Gasteiger partial charge in [-0.1, -0.05) is 145 Å². The van der Waals surface area contributed by atoms with Crippen molar-refractivity contribution in [3.63, 3.8) is 0 Å². The van der Waals surface area contributed by atoms with E-state index in [-0.39, 0.29) is 0 Å². The molecule has 0 aliphatic heterocycles. The van der Waals surface area contributed by atoms with Crippen LogP contribution in [0.25, 0.3) is 55.3 Å². The van der Waals surface area contributed by atoms with Crippen LogP contribution in [0, 0.1) is 13.8 Å². The molecule has 0 N–H and O–H groups in total. The van der Waals surface area contributed by atoms with E-state index in [0.29, 0.717) is 0 Å². The van der Waals surface area contributed by atoms with Crippen molar-refractivity contribution >= 4 is 39.0 Å². The first-order valence-corrected chi connectivity index (χ1v) is 18.4. The van der Waals surface area contributed by atoms with Crippen molar-refractivity contribution in [3.05, 3.63) is 209 Å². The minimum atomic E-state index is -0.432. The highest BCUT2D eigenvalue weighted by Crippen LogP contribution is 2.63. The van der Waals surface area contributed by atoms with E-state index in [4.69, 9.17) is 4.42 Å².